The summed E-state index contributed by atoms with van der Waals surface area (Å²) in [5.74, 6) is 0.636. The number of benzene rings is 1. The van der Waals surface area contributed by atoms with Crippen molar-refractivity contribution in [1.29, 1.82) is 0 Å². The molecule has 3 aromatic rings. The molecule has 5 nitrogen and oxygen atoms in total. The molecule has 2 heterocycles. The first-order chi connectivity index (χ1) is 14.4. The van der Waals surface area contributed by atoms with Crippen LogP contribution < -0.4 is 5.32 Å². The Kier molecular flexibility index (Phi) is 5.97. The summed E-state index contributed by atoms with van der Waals surface area (Å²) < 4.78 is 39.8. The molecule has 162 valence electrons. The number of imidazole rings is 1. The fourth-order valence-electron chi connectivity index (χ4n) is 4.55. The van der Waals surface area contributed by atoms with Crippen molar-refractivity contribution in [3.05, 3.63) is 36.3 Å². The summed E-state index contributed by atoms with van der Waals surface area (Å²) >= 11 is 0. The molecule has 1 aliphatic carbocycles. The van der Waals surface area contributed by atoms with Crippen LogP contribution in [-0.4, -0.2) is 38.4 Å². The monoisotopic (exact) mass is 420 g/mol. The molecule has 0 bridgehead atoms. The molecular formula is C22H27F3N4O. The quantitative estimate of drug-likeness (QED) is 0.586. The van der Waals surface area contributed by atoms with E-state index in [1.807, 2.05) is 31.2 Å². The maximum Gasteiger partial charge on any atom is 0.401 e. The minimum Gasteiger partial charge on any atom is -0.385 e. The van der Waals surface area contributed by atoms with E-state index in [-0.39, 0.29) is 12.1 Å². The maximum absolute atomic E-state index is 12.5. The Morgan fingerprint density at radius 3 is 2.60 bits per heavy atom. The molecule has 1 unspecified atom stereocenters. The van der Waals surface area contributed by atoms with Crippen LogP contribution in [0, 0.1) is 0 Å². The Hall–Kier alpha value is -2.19. The predicted octanol–water partition coefficient (Wildman–Crippen LogP) is 5.05. The summed E-state index contributed by atoms with van der Waals surface area (Å²) in [6.45, 7) is 1.07. The van der Waals surface area contributed by atoms with Gasteiger partial charge in [-0.2, -0.15) is 13.2 Å². The summed E-state index contributed by atoms with van der Waals surface area (Å²) in [6, 6.07) is 7.81. The molecule has 0 aliphatic heterocycles. The van der Waals surface area contributed by atoms with Crippen LogP contribution in [-0.2, 0) is 0 Å². The first-order valence-electron chi connectivity index (χ1n) is 10.6. The molecule has 1 saturated carbocycles. The van der Waals surface area contributed by atoms with E-state index in [0.717, 1.165) is 41.2 Å². The summed E-state index contributed by atoms with van der Waals surface area (Å²) in [5.41, 5.74) is 2.57. The van der Waals surface area contributed by atoms with Gasteiger partial charge in [-0.1, -0.05) is 31.5 Å². The third-order valence-corrected chi connectivity index (χ3v) is 5.96. The third-order valence-electron chi connectivity index (χ3n) is 5.96. The average molecular weight is 420 g/mol. The van der Waals surface area contributed by atoms with E-state index in [9.17, 15) is 18.3 Å². The van der Waals surface area contributed by atoms with E-state index in [1.54, 1.807) is 6.20 Å². The lowest BCUT2D eigenvalue weighted by Gasteiger charge is -2.32. The number of para-hydroxylation sites is 1. The van der Waals surface area contributed by atoms with E-state index >= 15 is 0 Å². The van der Waals surface area contributed by atoms with E-state index in [2.05, 4.69) is 14.9 Å². The summed E-state index contributed by atoms with van der Waals surface area (Å²) in [7, 11) is 0. The molecule has 2 N–H and O–H groups in total. The highest BCUT2D eigenvalue weighted by Gasteiger charge is 2.32. The second-order valence-electron chi connectivity index (χ2n) is 8.16. The van der Waals surface area contributed by atoms with Crippen molar-refractivity contribution in [2.45, 2.75) is 69.8 Å². The zero-order valence-electron chi connectivity index (χ0n) is 17.0. The van der Waals surface area contributed by atoms with E-state index in [1.165, 1.54) is 0 Å². The molecule has 30 heavy (non-hydrogen) atoms. The van der Waals surface area contributed by atoms with Crippen LogP contribution in [0.1, 0.15) is 63.4 Å². The number of nitrogens with one attached hydrogen (secondary N) is 1. The number of aliphatic hydroxyl groups excluding tert-OH is 1. The van der Waals surface area contributed by atoms with Gasteiger partial charge in [0.05, 0.1) is 23.8 Å². The van der Waals surface area contributed by atoms with Crippen molar-refractivity contribution in [2.24, 2.45) is 0 Å². The molecule has 2 aromatic heterocycles. The van der Waals surface area contributed by atoms with Crippen molar-refractivity contribution >= 4 is 21.9 Å². The summed E-state index contributed by atoms with van der Waals surface area (Å²) in [4.78, 5) is 9.23. The molecule has 0 spiro atoms. The molecule has 1 fully saturated rings. The lowest BCUT2D eigenvalue weighted by Crippen LogP contribution is -2.39. The minimum absolute atomic E-state index is 0.0891. The van der Waals surface area contributed by atoms with E-state index in [0.29, 0.717) is 25.1 Å². The van der Waals surface area contributed by atoms with Crippen molar-refractivity contribution in [3.63, 3.8) is 0 Å². The number of rotatable bonds is 6. The molecule has 8 heteroatoms. The molecule has 1 atom stereocenters. The second-order valence-corrected chi connectivity index (χ2v) is 8.16. The Labute approximate surface area is 173 Å². The molecule has 1 aromatic carbocycles. The van der Waals surface area contributed by atoms with Gasteiger partial charge in [-0.25, -0.2) is 4.98 Å². The van der Waals surface area contributed by atoms with Gasteiger partial charge in [0.25, 0.3) is 0 Å². The van der Waals surface area contributed by atoms with Gasteiger partial charge in [0.15, 0.2) is 0 Å². The van der Waals surface area contributed by atoms with Gasteiger partial charge in [-0.05, 0) is 38.2 Å². The van der Waals surface area contributed by atoms with Crippen LogP contribution in [0.15, 0.2) is 30.5 Å². The largest absolute Gasteiger partial charge is 0.401 e. The highest BCUT2D eigenvalue weighted by molar-refractivity contribution is 6.02. The molecular weight excluding hydrogens is 393 g/mol. The van der Waals surface area contributed by atoms with Gasteiger partial charge in [0.1, 0.15) is 17.4 Å². The molecule has 4 rings (SSSR count). The highest BCUT2D eigenvalue weighted by atomic mass is 19.4. The number of aromatic nitrogens is 3. The number of aliphatic hydroxyl groups is 1. The average Bonchev–Trinajstić information content (AvgIpc) is 3.12. The van der Waals surface area contributed by atoms with Crippen LogP contribution in [0.3, 0.4) is 0 Å². The zero-order valence-corrected chi connectivity index (χ0v) is 17.0. The van der Waals surface area contributed by atoms with Gasteiger partial charge in [0, 0.05) is 17.5 Å². The standard InChI is InChI=1S/C22H27F3N4O/c1-2-5-19(30)21-28-18-12-26-17-7-4-3-6-16(17)20(18)29(21)15-10-8-14(9-11-15)27-13-22(23,24)25/h3-4,6-7,12,14-15,19,27,30H,2,5,8-11,13H2,1H3. The first kappa shape index (κ1) is 21.1. The second kappa shape index (κ2) is 8.51. The molecule has 0 radical (unpaired) electrons. The smallest absolute Gasteiger partial charge is 0.385 e. The lowest BCUT2D eigenvalue weighted by atomic mass is 9.90. The summed E-state index contributed by atoms with van der Waals surface area (Å²) in [5, 5.41) is 14.4. The van der Waals surface area contributed by atoms with Crippen molar-refractivity contribution in [3.8, 4) is 0 Å². The number of pyridine rings is 1. The van der Waals surface area contributed by atoms with Gasteiger partial charge in [-0.15, -0.1) is 0 Å². The predicted molar refractivity (Wildman–Crippen MR) is 110 cm³/mol. The molecule has 1 aliphatic rings. The van der Waals surface area contributed by atoms with Crippen LogP contribution in [0.5, 0.6) is 0 Å². The number of fused-ring (bicyclic) bond motifs is 3. The van der Waals surface area contributed by atoms with Gasteiger partial charge in [-0.3, -0.25) is 4.98 Å². The topological polar surface area (TPSA) is 63.0 Å². The molecule has 0 saturated heterocycles. The van der Waals surface area contributed by atoms with Gasteiger partial charge < -0.3 is 15.0 Å². The lowest BCUT2D eigenvalue weighted by molar-refractivity contribution is -0.126. The van der Waals surface area contributed by atoms with E-state index in [4.69, 9.17) is 4.98 Å². The number of nitrogens with zero attached hydrogens (tertiary/aromatic N) is 3. The normalized spacial score (nSPS) is 21.4. The van der Waals surface area contributed by atoms with Crippen LogP contribution in [0.4, 0.5) is 13.2 Å². The SMILES string of the molecule is CCCC(O)c1nc2cnc3ccccc3c2n1C1CCC(NCC(F)(F)F)CC1. The Balaban J connectivity index is 1.68. The minimum atomic E-state index is -4.19. The first-order valence-corrected chi connectivity index (χ1v) is 10.6. The zero-order chi connectivity index (χ0) is 21.3. The maximum atomic E-state index is 12.5. The van der Waals surface area contributed by atoms with Crippen LogP contribution in [0.2, 0.25) is 0 Å². The van der Waals surface area contributed by atoms with Gasteiger partial charge >= 0.3 is 6.18 Å². The van der Waals surface area contributed by atoms with Crippen LogP contribution in [0.25, 0.3) is 21.9 Å². The van der Waals surface area contributed by atoms with Gasteiger partial charge in [0.2, 0.25) is 0 Å². The molecule has 0 amide bonds. The van der Waals surface area contributed by atoms with Crippen LogP contribution >= 0.6 is 0 Å². The fourth-order valence-corrected chi connectivity index (χ4v) is 4.55. The van der Waals surface area contributed by atoms with Crippen molar-refractivity contribution in [1.82, 2.24) is 19.9 Å². The number of hydrogen-bond acceptors (Lipinski definition) is 4. The number of alkyl halides is 3. The Bertz CT molecular complexity index is 1010. The number of halogens is 3. The van der Waals surface area contributed by atoms with Crippen molar-refractivity contribution < 1.29 is 18.3 Å². The highest BCUT2D eigenvalue weighted by Crippen LogP contribution is 2.37. The third kappa shape index (κ3) is 4.30. The number of hydrogen-bond donors (Lipinski definition) is 2. The Morgan fingerprint density at radius 1 is 1.17 bits per heavy atom. The Morgan fingerprint density at radius 2 is 1.90 bits per heavy atom. The van der Waals surface area contributed by atoms with Crippen molar-refractivity contribution in [2.75, 3.05) is 6.54 Å². The fraction of sp³-hybridized carbons (Fsp3) is 0.545. The summed E-state index contributed by atoms with van der Waals surface area (Å²) in [6.07, 6.45) is 1.11. The van der Waals surface area contributed by atoms with E-state index < -0.39 is 18.8 Å².